The van der Waals surface area contributed by atoms with Gasteiger partial charge in [-0.05, 0) is 98.7 Å². The molecule has 3 N–H and O–H groups in total. The van der Waals surface area contributed by atoms with Crippen molar-refractivity contribution in [3.63, 3.8) is 0 Å². The molecule has 0 saturated carbocycles. The first-order valence-corrected chi connectivity index (χ1v) is 18.1. The summed E-state index contributed by atoms with van der Waals surface area (Å²) in [5.74, 6) is -1.07. The molecule has 0 bridgehead atoms. The number of aliphatic carboxylic acids is 1. The summed E-state index contributed by atoms with van der Waals surface area (Å²) in [6, 6.07) is 22.2. The number of carbonyl (C=O) groups is 5. The van der Waals surface area contributed by atoms with Crippen molar-refractivity contribution in [2.24, 2.45) is 5.73 Å². The summed E-state index contributed by atoms with van der Waals surface area (Å²) in [4.78, 5) is 51.2. The molecular weight excluding hydrogens is 826 g/mol. The monoisotopic (exact) mass is 863 g/mol. The van der Waals surface area contributed by atoms with Crippen LogP contribution >= 0.6 is 92.8 Å². The molecule has 0 fully saturated rings. The van der Waals surface area contributed by atoms with Gasteiger partial charge in [0.2, 0.25) is 11.1 Å². The van der Waals surface area contributed by atoms with Crippen LogP contribution in [0.3, 0.4) is 0 Å². The quantitative estimate of drug-likeness (QED) is 0.118. The molecule has 15 heteroatoms. The molecule has 0 unspecified atom stereocenters. The molecule has 0 radical (unpaired) electrons. The van der Waals surface area contributed by atoms with Gasteiger partial charge in [-0.15, -0.1) is 23.2 Å². The molecule has 0 aromatic heterocycles. The maximum absolute atomic E-state index is 10.9. The lowest BCUT2D eigenvalue weighted by atomic mass is 9.81. The molecule has 0 aliphatic heterocycles. The van der Waals surface area contributed by atoms with Crippen LogP contribution in [0.1, 0.15) is 77.5 Å². The van der Waals surface area contributed by atoms with Crippen molar-refractivity contribution < 1.29 is 29.1 Å². The lowest BCUT2D eigenvalue weighted by Crippen LogP contribution is -2.26. The van der Waals surface area contributed by atoms with Gasteiger partial charge in [0, 0.05) is 33.3 Å². The van der Waals surface area contributed by atoms with E-state index in [0.29, 0.717) is 27.9 Å². The molecule has 3 aromatic carbocycles. The number of halogens is 8. The average Bonchev–Trinajstić information content (AvgIpc) is 2.97. The Hall–Kier alpha value is -2.07. The van der Waals surface area contributed by atoms with E-state index in [1.54, 1.807) is 12.1 Å². The minimum Gasteiger partial charge on any atom is -0.481 e. The van der Waals surface area contributed by atoms with Crippen LogP contribution < -0.4 is 5.73 Å². The summed E-state index contributed by atoms with van der Waals surface area (Å²) >= 11 is 41.2. The van der Waals surface area contributed by atoms with Crippen LogP contribution in [0.25, 0.3) is 0 Å². The third-order valence-corrected chi connectivity index (χ3v) is 8.15. The third kappa shape index (κ3) is 24.0. The molecule has 1 amide bonds. The molecular formula is C36H41Cl8NO6. The maximum Gasteiger partial charge on any atom is 0.304 e. The van der Waals surface area contributed by atoms with E-state index < -0.39 is 16.5 Å². The smallest absolute Gasteiger partial charge is 0.304 e. The van der Waals surface area contributed by atoms with E-state index in [9.17, 15) is 24.0 Å². The van der Waals surface area contributed by atoms with E-state index in [-0.39, 0.29) is 39.2 Å². The molecule has 0 aliphatic rings. The van der Waals surface area contributed by atoms with Crippen LogP contribution in [0.15, 0.2) is 72.8 Å². The highest BCUT2D eigenvalue weighted by molar-refractivity contribution is 6.97. The first-order valence-electron chi connectivity index (χ1n) is 14.8. The molecule has 3 rings (SSSR count). The van der Waals surface area contributed by atoms with Crippen molar-refractivity contribution in [1.29, 1.82) is 0 Å². The Balaban J connectivity index is 0. The van der Waals surface area contributed by atoms with Gasteiger partial charge in [0.05, 0.1) is 11.8 Å². The standard InChI is InChI=1S/C11H12Cl2O.C11H14ClNO.C11H13ClO2.C2Cl2O2.CH2Cl2/c3*1-11(2,7-10(13)14)8-3-5-9(12)6-4-8;3-1(5)2(4)6;2-1-3/h3-6H,7H2,1-2H3;3-6H,7H2,1-2H3,(H2,13,14);3-6H,7H2,1-2H3,(H,13,14);;1H2. The van der Waals surface area contributed by atoms with Gasteiger partial charge in [-0.2, -0.15) is 0 Å². The number of primary amides is 1. The van der Waals surface area contributed by atoms with Crippen LogP contribution in [-0.2, 0) is 40.2 Å². The van der Waals surface area contributed by atoms with Crippen LogP contribution in [0, 0.1) is 0 Å². The molecule has 3 aromatic rings. The highest BCUT2D eigenvalue weighted by Crippen LogP contribution is 2.30. The Kier molecular flexibility index (Phi) is 25.1. The summed E-state index contributed by atoms with van der Waals surface area (Å²) < 4.78 is 0. The molecule has 0 heterocycles. The number of amides is 1. The van der Waals surface area contributed by atoms with Crippen molar-refractivity contribution in [3.8, 4) is 0 Å². The van der Waals surface area contributed by atoms with Gasteiger partial charge in [0.1, 0.15) is 0 Å². The summed E-state index contributed by atoms with van der Waals surface area (Å²) in [5, 5.41) is 8.39. The number of hydrogen-bond donors (Lipinski definition) is 2. The highest BCUT2D eigenvalue weighted by Gasteiger charge is 2.25. The minimum atomic E-state index is -1.14. The zero-order chi connectivity index (χ0) is 40.2. The lowest BCUT2D eigenvalue weighted by molar-refractivity contribution is -0.138. The number of alkyl halides is 2. The third-order valence-electron chi connectivity index (χ3n) is 6.82. The van der Waals surface area contributed by atoms with Gasteiger partial charge in [-0.1, -0.05) is 113 Å². The van der Waals surface area contributed by atoms with E-state index >= 15 is 0 Å². The lowest BCUT2D eigenvalue weighted by Gasteiger charge is -2.23. The predicted molar refractivity (Wildman–Crippen MR) is 213 cm³/mol. The number of carbonyl (C=O) groups excluding carboxylic acids is 4. The van der Waals surface area contributed by atoms with Gasteiger partial charge in [-0.3, -0.25) is 24.0 Å². The fourth-order valence-corrected chi connectivity index (χ4v) is 4.88. The summed E-state index contributed by atoms with van der Waals surface area (Å²) in [6.07, 6.45) is 0.791. The normalized spacial score (nSPS) is 10.6. The van der Waals surface area contributed by atoms with E-state index in [2.05, 4.69) is 23.2 Å². The van der Waals surface area contributed by atoms with Crippen molar-refractivity contribution in [2.45, 2.75) is 77.0 Å². The van der Waals surface area contributed by atoms with Crippen molar-refractivity contribution >= 4 is 120 Å². The predicted octanol–water partition coefficient (Wildman–Crippen LogP) is 11.3. The number of nitrogens with two attached hydrogens (primary N) is 1. The fourth-order valence-electron chi connectivity index (χ4n) is 4.17. The SMILES string of the molecule is CC(C)(CC(=O)Cl)c1ccc(Cl)cc1.CC(C)(CC(=O)O)c1ccc(Cl)cc1.CC(C)(CC(N)=O)c1ccc(Cl)cc1.ClCCl.O=C(Cl)C(=O)Cl. The average molecular weight is 867 g/mol. The van der Waals surface area contributed by atoms with E-state index in [1.165, 1.54) is 0 Å². The second-order valence-electron chi connectivity index (χ2n) is 12.6. The highest BCUT2D eigenvalue weighted by atomic mass is 35.5. The molecule has 0 spiro atoms. The Labute approximate surface area is 340 Å². The zero-order valence-corrected chi connectivity index (χ0v) is 34.9. The van der Waals surface area contributed by atoms with E-state index in [4.69, 9.17) is 80.4 Å². The van der Waals surface area contributed by atoms with E-state index in [1.807, 2.05) is 102 Å². The fraction of sp³-hybridized carbons (Fsp3) is 0.361. The Morgan fingerprint density at radius 2 is 0.765 bits per heavy atom. The maximum atomic E-state index is 10.9. The van der Waals surface area contributed by atoms with Gasteiger partial charge in [0.15, 0.2) is 0 Å². The molecule has 0 atom stereocenters. The van der Waals surface area contributed by atoms with Crippen LogP contribution in [0.4, 0.5) is 0 Å². The zero-order valence-electron chi connectivity index (χ0n) is 28.8. The molecule has 51 heavy (non-hydrogen) atoms. The Morgan fingerprint density at radius 3 is 0.961 bits per heavy atom. The van der Waals surface area contributed by atoms with Crippen LogP contribution in [0.2, 0.25) is 15.1 Å². The van der Waals surface area contributed by atoms with Crippen molar-refractivity contribution in [3.05, 3.63) is 105 Å². The first kappa shape index (κ1) is 51.0. The Bertz CT molecular complexity index is 1370. The second-order valence-corrected chi connectivity index (χ2v) is 15.8. The summed E-state index contributed by atoms with van der Waals surface area (Å²) in [7, 11) is 0. The molecule has 0 aliphatic carbocycles. The van der Waals surface area contributed by atoms with Gasteiger partial charge in [-0.25, -0.2) is 0 Å². The molecule has 0 saturated heterocycles. The van der Waals surface area contributed by atoms with Gasteiger partial charge < -0.3 is 10.8 Å². The topological polar surface area (TPSA) is 132 Å². The van der Waals surface area contributed by atoms with E-state index in [0.717, 1.165) is 16.7 Å². The van der Waals surface area contributed by atoms with Crippen molar-refractivity contribution in [2.75, 3.05) is 5.34 Å². The van der Waals surface area contributed by atoms with Crippen LogP contribution in [0.5, 0.6) is 0 Å². The van der Waals surface area contributed by atoms with Crippen molar-refractivity contribution in [1.82, 2.24) is 0 Å². The largest absolute Gasteiger partial charge is 0.481 e. The van der Waals surface area contributed by atoms with Gasteiger partial charge >= 0.3 is 16.5 Å². The van der Waals surface area contributed by atoms with Gasteiger partial charge in [0.25, 0.3) is 0 Å². The number of carboxylic acids is 1. The number of hydrogen-bond acceptors (Lipinski definition) is 5. The molecule has 7 nitrogen and oxygen atoms in total. The van der Waals surface area contributed by atoms with Crippen LogP contribution in [-0.4, -0.2) is 38.0 Å². The minimum absolute atomic E-state index is 0.120. The number of carboxylic acid groups (broad SMARTS) is 1. The number of benzene rings is 3. The summed E-state index contributed by atoms with van der Waals surface area (Å²) in [5.41, 5.74) is 7.50. The summed E-state index contributed by atoms with van der Waals surface area (Å²) in [6.45, 7) is 11.8. The first-order chi connectivity index (χ1) is 23.3. The Morgan fingerprint density at radius 1 is 0.529 bits per heavy atom. The second kappa shape index (κ2) is 25.0. The molecule has 282 valence electrons. The number of rotatable bonds is 10.